The van der Waals surface area contributed by atoms with Crippen LogP contribution in [-0.4, -0.2) is 79.5 Å². The third-order valence-corrected chi connectivity index (χ3v) is 15.4. The third-order valence-electron chi connectivity index (χ3n) is 13.6. The average Bonchev–Trinajstić information content (AvgIpc) is 4.17. The Morgan fingerprint density at radius 3 is 2.45 bits per heavy atom. The van der Waals surface area contributed by atoms with E-state index in [1.807, 2.05) is 42.5 Å². The minimum absolute atomic E-state index is 0.0844. The van der Waals surface area contributed by atoms with Crippen LogP contribution in [0.2, 0.25) is 0 Å². The summed E-state index contributed by atoms with van der Waals surface area (Å²) >= 11 is 0. The highest BCUT2D eigenvalue weighted by Crippen LogP contribution is 2.59. The summed E-state index contributed by atoms with van der Waals surface area (Å²) in [6.07, 6.45) is 9.79. The van der Waals surface area contributed by atoms with E-state index in [1.165, 1.54) is 0 Å². The zero-order valence-corrected chi connectivity index (χ0v) is 35.8. The molecule has 1 aromatic heterocycles. The third kappa shape index (κ3) is 9.35. The number of amides is 2. The second-order valence-electron chi connectivity index (χ2n) is 18.2. The fraction of sp³-hybridized carbons (Fsp3) is 0.596. The summed E-state index contributed by atoms with van der Waals surface area (Å²) in [6.45, 7) is 2.44. The number of aryl methyl sites for hydroxylation is 1. The van der Waals surface area contributed by atoms with Crippen LogP contribution in [0.4, 0.5) is 0 Å². The Morgan fingerprint density at radius 2 is 1.68 bits per heavy atom. The molecule has 3 aromatic rings. The number of benzene rings is 2. The van der Waals surface area contributed by atoms with Gasteiger partial charge in [-0.2, -0.15) is 0 Å². The van der Waals surface area contributed by atoms with E-state index in [4.69, 9.17) is 19.2 Å². The molecule has 13 heteroatoms. The molecule has 2 aliphatic carbocycles. The molecule has 2 aromatic carbocycles. The Kier molecular flexibility index (Phi) is 12.5. The number of ether oxygens (including phenoxy) is 3. The maximum atomic E-state index is 14.9. The first-order chi connectivity index (χ1) is 28.9. The lowest BCUT2D eigenvalue weighted by Crippen LogP contribution is -2.46. The van der Waals surface area contributed by atoms with E-state index >= 15 is 0 Å². The number of nitrogens with zero attached hydrogens (tertiary/aromatic N) is 2. The molecule has 3 aliphatic heterocycles. The van der Waals surface area contributed by atoms with Crippen molar-refractivity contribution < 1.29 is 41.8 Å². The molecule has 4 fully saturated rings. The van der Waals surface area contributed by atoms with Gasteiger partial charge in [-0.1, -0.05) is 75.8 Å². The van der Waals surface area contributed by atoms with Crippen LogP contribution in [0.3, 0.4) is 0 Å². The molecule has 0 radical (unpaired) electrons. The van der Waals surface area contributed by atoms with Gasteiger partial charge in [-0.05, 0) is 74.8 Å². The fourth-order valence-electron chi connectivity index (χ4n) is 9.82. The fourth-order valence-corrected chi connectivity index (χ4v) is 11.2. The van der Waals surface area contributed by atoms with E-state index in [2.05, 4.69) is 17.7 Å². The number of pyridine rings is 1. The first kappa shape index (κ1) is 42.2. The number of esters is 1. The summed E-state index contributed by atoms with van der Waals surface area (Å²) in [5.41, 5.74) is 2.15. The topological polar surface area (TPSA) is 158 Å². The number of methoxy groups -OCH3 is 1. The molecular weight excluding hydrogens is 783 g/mol. The van der Waals surface area contributed by atoms with Crippen LogP contribution in [0.25, 0.3) is 22.2 Å². The number of cyclic esters (lactones) is 1. The lowest BCUT2D eigenvalue weighted by molar-refractivity contribution is -0.151. The number of hydrogen-bond acceptors (Lipinski definition) is 10. The first-order valence-electron chi connectivity index (χ1n) is 22.2. The van der Waals surface area contributed by atoms with Gasteiger partial charge in [0.05, 0.1) is 54.6 Å². The number of Topliss-reactive ketones (excluding diaryl/α,β-unsaturated/α-hetero) is 1. The van der Waals surface area contributed by atoms with Gasteiger partial charge in [0.15, 0.2) is 5.78 Å². The first-order valence-corrected chi connectivity index (χ1v) is 23.8. The summed E-state index contributed by atoms with van der Waals surface area (Å²) in [6, 6.07) is 14.8. The molecule has 6 atom stereocenters. The lowest BCUT2D eigenvalue weighted by atomic mass is 9.90. The molecule has 5 aliphatic rings. The molecular formula is C47H59N3O9S. The number of fused-ring (bicyclic) bond motifs is 4. The number of hydrogen-bond donors (Lipinski definition) is 1. The van der Waals surface area contributed by atoms with E-state index in [1.54, 1.807) is 12.0 Å². The van der Waals surface area contributed by atoms with Gasteiger partial charge in [-0.25, -0.2) is 13.4 Å². The predicted molar refractivity (Wildman–Crippen MR) is 227 cm³/mol. The van der Waals surface area contributed by atoms with Gasteiger partial charge < -0.3 is 19.1 Å². The smallest absolute Gasteiger partial charge is 0.306 e. The Labute approximate surface area is 353 Å². The Hall–Kier alpha value is -4.52. The van der Waals surface area contributed by atoms with Crippen LogP contribution < -0.4 is 14.2 Å². The number of carbonyl (C=O) groups excluding carboxylic acids is 4. The maximum absolute atomic E-state index is 14.9. The number of rotatable bonds is 5. The number of ketones is 1. The van der Waals surface area contributed by atoms with Gasteiger partial charge in [0.1, 0.15) is 17.6 Å². The van der Waals surface area contributed by atoms with Crippen molar-refractivity contribution in [2.45, 2.75) is 133 Å². The molecule has 60 heavy (non-hydrogen) atoms. The van der Waals surface area contributed by atoms with E-state index in [-0.39, 0.29) is 55.9 Å². The van der Waals surface area contributed by atoms with Crippen molar-refractivity contribution in [3.8, 4) is 22.8 Å². The molecule has 1 N–H and O–H groups in total. The van der Waals surface area contributed by atoms with Gasteiger partial charge in [0.2, 0.25) is 21.8 Å². The quantitative estimate of drug-likeness (QED) is 0.255. The van der Waals surface area contributed by atoms with Crippen molar-refractivity contribution in [1.82, 2.24) is 14.6 Å². The molecule has 0 spiro atoms. The molecule has 0 unspecified atom stereocenters. The predicted octanol–water partition coefficient (Wildman–Crippen LogP) is 7.49. The Morgan fingerprint density at radius 1 is 0.933 bits per heavy atom. The summed E-state index contributed by atoms with van der Waals surface area (Å²) in [7, 11) is -2.17. The van der Waals surface area contributed by atoms with Crippen molar-refractivity contribution in [2.75, 3.05) is 20.3 Å². The van der Waals surface area contributed by atoms with Crippen molar-refractivity contribution >= 4 is 44.5 Å². The molecule has 5 bridgehead atoms. The summed E-state index contributed by atoms with van der Waals surface area (Å²) < 4.78 is 47.0. The monoisotopic (exact) mass is 841 g/mol. The van der Waals surface area contributed by atoms with Gasteiger partial charge in [0, 0.05) is 41.8 Å². The highest BCUT2D eigenvalue weighted by Gasteiger charge is 2.62. The van der Waals surface area contributed by atoms with Crippen molar-refractivity contribution in [3.63, 3.8) is 0 Å². The molecule has 2 amide bonds. The maximum Gasteiger partial charge on any atom is 0.306 e. The summed E-state index contributed by atoms with van der Waals surface area (Å²) in [5.74, 6) is -0.990. The van der Waals surface area contributed by atoms with Crippen LogP contribution in [0.1, 0.15) is 115 Å². The van der Waals surface area contributed by atoms with Crippen LogP contribution >= 0.6 is 0 Å². The second kappa shape index (κ2) is 17.8. The SMILES string of the molecule is COc1cc2nc(-c3ccccc3)cc3c2cc1CCCC[C@@H](C)COC(=O)C[C@H]1CCCCCCC[C@@H]2C[C@@]2(C(=O)NS(=O)(=O)C2CC2)CC(=O)[C@@H]2C[C@H](CN2C1=O)O3. The van der Waals surface area contributed by atoms with Gasteiger partial charge in [0.25, 0.3) is 0 Å². The molecule has 2 saturated carbocycles. The molecule has 12 nitrogen and oxygen atoms in total. The highest BCUT2D eigenvalue weighted by atomic mass is 32.2. The number of nitrogens with one attached hydrogen (secondary N) is 1. The second-order valence-corrected chi connectivity index (χ2v) is 20.2. The van der Waals surface area contributed by atoms with Gasteiger partial charge in [-0.3, -0.25) is 23.9 Å². The van der Waals surface area contributed by atoms with E-state index in [9.17, 15) is 27.6 Å². The zero-order valence-electron chi connectivity index (χ0n) is 35.0. The largest absolute Gasteiger partial charge is 0.496 e. The highest BCUT2D eigenvalue weighted by molar-refractivity contribution is 7.90. The number of sulfonamides is 1. The number of carbonyl (C=O) groups is 4. The van der Waals surface area contributed by atoms with Crippen LogP contribution in [0.5, 0.6) is 11.5 Å². The average molecular weight is 842 g/mol. The normalized spacial score (nSPS) is 28.6. The van der Waals surface area contributed by atoms with Crippen molar-refractivity contribution in [1.29, 1.82) is 0 Å². The van der Waals surface area contributed by atoms with E-state index < -0.39 is 50.6 Å². The zero-order chi connectivity index (χ0) is 42.0. The molecule has 2 saturated heterocycles. The Balaban J connectivity index is 1.18. The minimum atomic E-state index is -3.83. The Bertz CT molecular complexity index is 2210. The lowest BCUT2D eigenvalue weighted by Gasteiger charge is -2.29. The van der Waals surface area contributed by atoms with Crippen LogP contribution in [0.15, 0.2) is 48.5 Å². The van der Waals surface area contributed by atoms with Crippen molar-refractivity contribution in [3.05, 3.63) is 54.1 Å². The van der Waals surface area contributed by atoms with E-state index in [0.717, 1.165) is 86.5 Å². The van der Waals surface area contributed by atoms with Crippen molar-refractivity contribution in [2.24, 2.45) is 23.2 Å². The molecule has 4 heterocycles. The number of aromatic nitrogens is 1. The van der Waals surface area contributed by atoms with Gasteiger partial charge in [-0.15, -0.1) is 0 Å². The van der Waals surface area contributed by atoms with E-state index in [0.29, 0.717) is 42.6 Å². The summed E-state index contributed by atoms with van der Waals surface area (Å²) in [5, 5.41) is 0.219. The van der Waals surface area contributed by atoms with Crippen LogP contribution in [-0.2, 0) is 40.4 Å². The molecule has 8 rings (SSSR count). The summed E-state index contributed by atoms with van der Waals surface area (Å²) in [4.78, 5) is 63.7. The van der Waals surface area contributed by atoms with Crippen LogP contribution in [0, 0.1) is 23.2 Å². The standard InChI is InChI=1S/C47H59N3O9S/c1-30-13-11-12-16-32-21-37-39(25-42(32)57-2)48-38(31-14-8-6-9-15-31)24-43(37)59-35-23-40-41(51)27-47(46(54)49-60(55,56)36-19-20-36)26-34(47)18-10-5-3-4-7-17-33(22-44(52)58-29-30)45(53)50(40)28-35/h6,8-9,14-15,21,24-25,30,33-36,40H,3-5,7,10-13,16-20,22-23,26-29H2,1-2H3,(H,49,54)/t30-,33-,34-,35-,40+,47-/m1/s1. The van der Waals surface area contributed by atoms with Gasteiger partial charge >= 0.3 is 5.97 Å². The molecule has 322 valence electrons. The minimum Gasteiger partial charge on any atom is -0.496 e.